The Morgan fingerprint density at radius 2 is 1.70 bits per heavy atom. The second-order valence-electron chi connectivity index (χ2n) is 6.81. The average molecular weight is 359 g/mol. The number of fused-ring (bicyclic) bond motifs is 1. The van der Waals surface area contributed by atoms with Gasteiger partial charge in [0.1, 0.15) is 0 Å². The van der Waals surface area contributed by atoms with Crippen molar-refractivity contribution in [3.63, 3.8) is 0 Å². The first-order chi connectivity index (χ1) is 13.2. The third-order valence-electron chi connectivity index (χ3n) is 4.96. The zero-order chi connectivity index (χ0) is 18.6. The smallest absolute Gasteiger partial charge is 0.269 e. The first-order valence-corrected chi connectivity index (χ1v) is 9.28. The van der Waals surface area contributed by atoms with Crippen LogP contribution in [0.15, 0.2) is 54.6 Å². The molecule has 1 saturated heterocycles. The van der Waals surface area contributed by atoms with Crippen LogP contribution in [0.2, 0.25) is 0 Å². The van der Waals surface area contributed by atoms with Crippen molar-refractivity contribution in [3.05, 3.63) is 76.0 Å². The number of non-ortho nitro benzene ring substituents is 1. The molecule has 1 aliphatic heterocycles. The maximum absolute atomic E-state index is 10.8. The minimum absolute atomic E-state index is 0.100. The second kappa shape index (κ2) is 7.58. The van der Waals surface area contributed by atoms with E-state index in [0.29, 0.717) is 0 Å². The third kappa shape index (κ3) is 3.82. The van der Waals surface area contributed by atoms with Gasteiger partial charge in [0, 0.05) is 36.3 Å². The molecule has 0 spiro atoms. The van der Waals surface area contributed by atoms with Crippen LogP contribution in [0.5, 0.6) is 0 Å². The highest BCUT2D eigenvalue weighted by Gasteiger charge is 2.14. The highest BCUT2D eigenvalue weighted by Crippen LogP contribution is 2.29. The molecule has 4 rings (SSSR count). The van der Waals surface area contributed by atoms with Gasteiger partial charge < -0.3 is 4.90 Å². The van der Waals surface area contributed by atoms with Gasteiger partial charge in [-0.15, -0.1) is 0 Å². The minimum Gasteiger partial charge on any atom is -0.371 e. The van der Waals surface area contributed by atoms with Crippen molar-refractivity contribution in [1.29, 1.82) is 0 Å². The van der Waals surface area contributed by atoms with Crippen molar-refractivity contribution in [2.45, 2.75) is 19.3 Å². The quantitative estimate of drug-likeness (QED) is 0.468. The topological polar surface area (TPSA) is 59.3 Å². The zero-order valence-corrected chi connectivity index (χ0v) is 15.0. The minimum atomic E-state index is -0.386. The zero-order valence-electron chi connectivity index (χ0n) is 15.0. The van der Waals surface area contributed by atoms with Crippen LogP contribution in [0.3, 0.4) is 0 Å². The fourth-order valence-electron chi connectivity index (χ4n) is 3.55. The predicted molar refractivity (Wildman–Crippen MR) is 110 cm³/mol. The van der Waals surface area contributed by atoms with Crippen LogP contribution in [0, 0.1) is 10.1 Å². The van der Waals surface area contributed by atoms with Gasteiger partial charge in [-0.05, 0) is 55.2 Å². The van der Waals surface area contributed by atoms with Gasteiger partial charge in [-0.3, -0.25) is 10.1 Å². The van der Waals surface area contributed by atoms with Gasteiger partial charge in [-0.25, -0.2) is 4.98 Å². The Balaban J connectivity index is 1.68. The SMILES string of the molecule is O=[N+]([O-])c1ccc(/C=C/c2cc(N3CCCCC3)c3ccccc3n2)cc1. The maximum atomic E-state index is 10.8. The monoisotopic (exact) mass is 359 g/mol. The van der Waals surface area contributed by atoms with Crippen LogP contribution in [-0.2, 0) is 0 Å². The molecule has 136 valence electrons. The van der Waals surface area contributed by atoms with E-state index in [-0.39, 0.29) is 10.6 Å². The van der Waals surface area contributed by atoms with E-state index in [1.54, 1.807) is 12.1 Å². The summed E-state index contributed by atoms with van der Waals surface area (Å²) in [5.74, 6) is 0. The number of anilines is 1. The standard InChI is InChI=1S/C22H21N3O2/c26-25(27)19-12-9-17(10-13-19)8-11-18-16-22(24-14-4-1-5-15-24)20-6-2-3-7-21(20)23-18/h2-3,6-13,16H,1,4-5,14-15H2/b11-8+. The molecule has 1 aliphatic rings. The number of nitro benzene ring substituents is 1. The highest BCUT2D eigenvalue weighted by molar-refractivity contribution is 5.93. The molecule has 3 aromatic rings. The van der Waals surface area contributed by atoms with Crippen LogP contribution in [0.4, 0.5) is 11.4 Å². The summed E-state index contributed by atoms with van der Waals surface area (Å²) in [4.78, 5) is 17.6. The Hall–Kier alpha value is -3.21. The first kappa shape index (κ1) is 17.2. The molecule has 0 bridgehead atoms. The van der Waals surface area contributed by atoms with E-state index in [1.165, 1.54) is 42.5 Å². The summed E-state index contributed by atoms with van der Waals surface area (Å²) in [5.41, 5.74) is 4.14. The molecule has 5 heteroatoms. The van der Waals surface area contributed by atoms with Gasteiger partial charge in [0.2, 0.25) is 0 Å². The van der Waals surface area contributed by atoms with E-state index in [9.17, 15) is 10.1 Å². The molecule has 0 N–H and O–H groups in total. The van der Waals surface area contributed by atoms with Gasteiger partial charge in [0.15, 0.2) is 0 Å². The number of hydrogen-bond donors (Lipinski definition) is 0. The van der Waals surface area contributed by atoms with Gasteiger partial charge in [-0.2, -0.15) is 0 Å². The molecular formula is C22H21N3O2. The molecule has 1 fully saturated rings. The summed E-state index contributed by atoms with van der Waals surface area (Å²) in [7, 11) is 0. The molecule has 0 saturated carbocycles. The molecule has 27 heavy (non-hydrogen) atoms. The van der Waals surface area contributed by atoms with Crippen LogP contribution in [-0.4, -0.2) is 23.0 Å². The number of benzene rings is 2. The van der Waals surface area contributed by atoms with E-state index >= 15 is 0 Å². The molecule has 0 radical (unpaired) electrons. The number of rotatable bonds is 4. The van der Waals surface area contributed by atoms with Gasteiger partial charge in [0.05, 0.1) is 16.1 Å². The van der Waals surface area contributed by atoms with Crippen molar-refractivity contribution in [2.75, 3.05) is 18.0 Å². The third-order valence-corrected chi connectivity index (χ3v) is 4.96. The lowest BCUT2D eigenvalue weighted by Gasteiger charge is -2.30. The van der Waals surface area contributed by atoms with Crippen LogP contribution < -0.4 is 4.90 Å². The molecule has 0 unspecified atom stereocenters. The van der Waals surface area contributed by atoms with Crippen LogP contribution in [0.25, 0.3) is 23.1 Å². The Kier molecular flexibility index (Phi) is 4.83. The summed E-state index contributed by atoms with van der Waals surface area (Å²) >= 11 is 0. The lowest BCUT2D eigenvalue weighted by atomic mass is 10.1. The number of aromatic nitrogens is 1. The van der Waals surface area contributed by atoms with Gasteiger partial charge in [0.25, 0.3) is 5.69 Å². The Labute approximate surface area is 158 Å². The second-order valence-corrected chi connectivity index (χ2v) is 6.81. The van der Waals surface area contributed by atoms with E-state index in [2.05, 4.69) is 23.1 Å². The van der Waals surface area contributed by atoms with Crippen LogP contribution >= 0.6 is 0 Å². The highest BCUT2D eigenvalue weighted by atomic mass is 16.6. The van der Waals surface area contributed by atoms with Crippen molar-refractivity contribution in [3.8, 4) is 0 Å². The average Bonchev–Trinajstić information content (AvgIpc) is 2.72. The normalized spacial score (nSPS) is 14.7. The summed E-state index contributed by atoms with van der Waals surface area (Å²) in [6.07, 6.45) is 7.67. The molecule has 2 heterocycles. The molecule has 0 atom stereocenters. The van der Waals surface area contributed by atoms with Crippen molar-refractivity contribution < 1.29 is 4.92 Å². The van der Waals surface area contributed by atoms with Crippen molar-refractivity contribution >= 4 is 34.4 Å². The van der Waals surface area contributed by atoms with Crippen molar-refractivity contribution in [2.24, 2.45) is 0 Å². The number of nitro groups is 1. The number of para-hydroxylation sites is 1. The summed E-state index contributed by atoms with van der Waals surface area (Å²) < 4.78 is 0. The number of nitrogens with zero attached hydrogens (tertiary/aromatic N) is 3. The Bertz CT molecular complexity index is 990. The molecular weight excluding hydrogens is 338 g/mol. The molecule has 2 aromatic carbocycles. The summed E-state index contributed by atoms with van der Waals surface area (Å²) in [5, 5.41) is 12.0. The lowest BCUT2D eigenvalue weighted by Crippen LogP contribution is -2.29. The number of piperidine rings is 1. The summed E-state index contributed by atoms with van der Waals surface area (Å²) in [6.45, 7) is 2.17. The number of hydrogen-bond acceptors (Lipinski definition) is 4. The lowest BCUT2D eigenvalue weighted by molar-refractivity contribution is -0.384. The summed E-state index contributed by atoms with van der Waals surface area (Å²) in [6, 6.07) is 16.9. The fraction of sp³-hybridized carbons (Fsp3) is 0.227. The number of pyridine rings is 1. The van der Waals surface area contributed by atoms with Crippen LogP contribution in [0.1, 0.15) is 30.5 Å². The Morgan fingerprint density at radius 3 is 2.44 bits per heavy atom. The first-order valence-electron chi connectivity index (χ1n) is 9.28. The fourth-order valence-corrected chi connectivity index (χ4v) is 3.55. The van der Waals surface area contributed by atoms with E-state index in [0.717, 1.165) is 29.9 Å². The predicted octanol–water partition coefficient (Wildman–Crippen LogP) is 5.30. The van der Waals surface area contributed by atoms with Gasteiger partial charge >= 0.3 is 0 Å². The molecule has 1 aromatic heterocycles. The maximum Gasteiger partial charge on any atom is 0.269 e. The largest absolute Gasteiger partial charge is 0.371 e. The van der Waals surface area contributed by atoms with Gasteiger partial charge in [-0.1, -0.05) is 24.3 Å². The van der Waals surface area contributed by atoms with E-state index < -0.39 is 0 Å². The molecule has 5 nitrogen and oxygen atoms in total. The molecule has 0 aliphatic carbocycles. The van der Waals surface area contributed by atoms with Crippen molar-refractivity contribution in [1.82, 2.24) is 4.98 Å². The van der Waals surface area contributed by atoms with E-state index in [1.807, 2.05) is 24.3 Å². The van der Waals surface area contributed by atoms with E-state index in [4.69, 9.17) is 4.98 Å². The Morgan fingerprint density at radius 1 is 0.963 bits per heavy atom. The molecule has 0 amide bonds.